The molecule has 96 valence electrons. The maximum absolute atomic E-state index is 12.3. The van der Waals surface area contributed by atoms with Crippen LogP contribution in [0.1, 0.15) is 13.8 Å². The van der Waals surface area contributed by atoms with E-state index in [0.717, 1.165) is 0 Å². The van der Waals surface area contributed by atoms with Crippen LogP contribution in [0.5, 0.6) is 0 Å². The molecule has 1 rings (SSSR count). The lowest BCUT2D eigenvalue weighted by Crippen LogP contribution is -2.47. The molecular formula is C11H16BrNO3S. The van der Waals surface area contributed by atoms with Gasteiger partial charge in [0.2, 0.25) is 10.0 Å². The molecule has 0 heterocycles. The van der Waals surface area contributed by atoms with Gasteiger partial charge in [0.25, 0.3) is 0 Å². The SMILES string of the molecule is CN(C(C)(C)CO)S(=O)(=O)c1ccccc1Br. The fourth-order valence-electron chi connectivity index (χ4n) is 1.23. The van der Waals surface area contributed by atoms with Gasteiger partial charge in [-0.1, -0.05) is 12.1 Å². The number of sulfonamides is 1. The van der Waals surface area contributed by atoms with Crippen molar-refractivity contribution in [2.45, 2.75) is 24.3 Å². The minimum atomic E-state index is -3.61. The van der Waals surface area contributed by atoms with E-state index in [9.17, 15) is 13.5 Å². The number of halogens is 1. The molecule has 0 saturated heterocycles. The monoisotopic (exact) mass is 321 g/mol. The molecule has 1 aromatic carbocycles. The van der Waals surface area contributed by atoms with Gasteiger partial charge in [0, 0.05) is 11.5 Å². The van der Waals surface area contributed by atoms with Gasteiger partial charge in [0.15, 0.2) is 0 Å². The molecule has 6 heteroatoms. The van der Waals surface area contributed by atoms with Crippen molar-refractivity contribution in [3.05, 3.63) is 28.7 Å². The van der Waals surface area contributed by atoms with E-state index in [1.807, 2.05) is 0 Å². The summed E-state index contributed by atoms with van der Waals surface area (Å²) in [5.74, 6) is 0. The third kappa shape index (κ3) is 2.88. The van der Waals surface area contributed by atoms with Gasteiger partial charge in [-0.2, -0.15) is 4.31 Å². The molecule has 0 fully saturated rings. The second-order valence-corrected chi connectivity index (χ2v) is 7.17. The summed E-state index contributed by atoms with van der Waals surface area (Å²) < 4.78 is 26.4. The highest BCUT2D eigenvalue weighted by atomic mass is 79.9. The Morgan fingerprint density at radius 2 is 1.88 bits per heavy atom. The molecule has 0 saturated carbocycles. The van der Waals surface area contributed by atoms with Gasteiger partial charge in [-0.05, 0) is 41.9 Å². The predicted octanol–water partition coefficient (Wildman–Crippen LogP) is 1.84. The molecule has 0 spiro atoms. The maximum Gasteiger partial charge on any atom is 0.244 e. The first-order valence-electron chi connectivity index (χ1n) is 5.08. The third-order valence-corrected chi connectivity index (χ3v) is 5.80. The highest BCUT2D eigenvalue weighted by Gasteiger charge is 2.34. The molecule has 0 aromatic heterocycles. The maximum atomic E-state index is 12.3. The van der Waals surface area contributed by atoms with Gasteiger partial charge in [0.05, 0.1) is 17.0 Å². The van der Waals surface area contributed by atoms with Crippen LogP contribution in [0.25, 0.3) is 0 Å². The molecule has 17 heavy (non-hydrogen) atoms. The number of likely N-dealkylation sites (N-methyl/N-ethyl adjacent to an activating group) is 1. The van der Waals surface area contributed by atoms with Crippen molar-refractivity contribution >= 4 is 26.0 Å². The topological polar surface area (TPSA) is 57.6 Å². The summed E-state index contributed by atoms with van der Waals surface area (Å²) in [4.78, 5) is 0.198. The van der Waals surface area contributed by atoms with E-state index < -0.39 is 15.6 Å². The normalized spacial score (nSPS) is 13.1. The largest absolute Gasteiger partial charge is 0.394 e. The predicted molar refractivity (Wildman–Crippen MR) is 70.3 cm³/mol. The molecule has 1 aromatic rings. The lowest BCUT2D eigenvalue weighted by atomic mass is 10.1. The van der Waals surface area contributed by atoms with Gasteiger partial charge >= 0.3 is 0 Å². The van der Waals surface area contributed by atoms with Crippen LogP contribution in [-0.4, -0.2) is 37.0 Å². The van der Waals surface area contributed by atoms with Crippen LogP contribution >= 0.6 is 15.9 Å². The van der Waals surface area contributed by atoms with Gasteiger partial charge in [0.1, 0.15) is 0 Å². The van der Waals surface area contributed by atoms with E-state index in [-0.39, 0.29) is 11.5 Å². The number of nitrogens with zero attached hydrogens (tertiary/aromatic N) is 1. The Balaban J connectivity index is 3.26. The zero-order valence-electron chi connectivity index (χ0n) is 10.0. The first-order valence-corrected chi connectivity index (χ1v) is 7.31. The fourth-order valence-corrected chi connectivity index (χ4v) is 3.69. The number of rotatable bonds is 4. The van der Waals surface area contributed by atoms with Crippen LogP contribution in [0.2, 0.25) is 0 Å². The quantitative estimate of drug-likeness (QED) is 0.920. The molecule has 0 aliphatic carbocycles. The minimum Gasteiger partial charge on any atom is -0.394 e. The van der Waals surface area contributed by atoms with Crippen molar-refractivity contribution in [2.24, 2.45) is 0 Å². The highest BCUT2D eigenvalue weighted by molar-refractivity contribution is 9.10. The Kier molecular flexibility index (Phi) is 4.35. The summed E-state index contributed by atoms with van der Waals surface area (Å²) in [7, 11) is -2.15. The zero-order chi connectivity index (χ0) is 13.3. The van der Waals surface area contributed by atoms with E-state index in [0.29, 0.717) is 4.47 Å². The number of hydrogen-bond donors (Lipinski definition) is 1. The Morgan fingerprint density at radius 3 is 2.35 bits per heavy atom. The number of aliphatic hydroxyl groups is 1. The Bertz CT molecular complexity index is 499. The molecule has 0 amide bonds. The molecule has 1 N–H and O–H groups in total. The van der Waals surface area contributed by atoms with Gasteiger partial charge in [-0.25, -0.2) is 8.42 Å². The molecule has 0 aliphatic heterocycles. The second kappa shape index (κ2) is 5.06. The first kappa shape index (κ1) is 14.6. The van der Waals surface area contributed by atoms with Gasteiger partial charge in [-0.3, -0.25) is 0 Å². The van der Waals surface area contributed by atoms with Crippen LogP contribution in [0.4, 0.5) is 0 Å². The van der Waals surface area contributed by atoms with Crippen molar-refractivity contribution in [1.82, 2.24) is 4.31 Å². The van der Waals surface area contributed by atoms with Gasteiger partial charge in [-0.15, -0.1) is 0 Å². The Labute approximate surface area is 110 Å². The first-order chi connectivity index (χ1) is 7.73. The van der Waals surface area contributed by atoms with E-state index in [1.165, 1.54) is 17.4 Å². The van der Waals surface area contributed by atoms with E-state index in [2.05, 4.69) is 15.9 Å². The standard InChI is InChI=1S/C11H16BrNO3S/c1-11(2,8-14)13(3)17(15,16)10-7-5-4-6-9(10)12/h4-7,14H,8H2,1-3H3. The van der Waals surface area contributed by atoms with Gasteiger partial charge < -0.3 is 5.11 Å². The Hall–Kier alpha value is -0.430. The summed E-state index contributed by atoms with van der Waals surface area (Å²) in [6.45, 7) is 3.09. The van der Waals surface area contributed by atoms with E-state index in [1.54, 1.807) is 32.0 Å². The molecule has 0 atom stereocenters. The summed E-state index contributed by atoms with van der Waals surface area (Å²) >= 11 is 3.22. The average molecular weight is 322 g/mol. The summed E-state index contributed by atoms with van der Waals surface area (Å²) in [5.41, 5.74) is -0.839. The van der Waals surface area contributed by atoms with Crippen molar-refractivity contribution in [2.75, 3.05) is 13.7 Å². The van der Waals surface area contributed by atoms with E-state index >= 15 is 0 Å². The van der Waals surface area contributed by atoms with E-state index in [4.69, 9.17) is 0 Å². The van der Waals surface area contributed by atoms with Crippen LogP contribution in [0.15, 0.2) is 33.6 Å². The van der Waals surface area contributed by atoms with Crippen LogP contribution in [0, 0.1) is 0 Å². The van der Waals surface area contributed by atoms with Crippen molar-refractivity contribution in [3.63, 3.8) is 0 Å². The van der Waals surface area contributed by atoms with Crippen LogP contribution < -0.4 is 0 Å². The lowest BCUT2D eigenvalue weighted by Gasteiger charge is -2.33. The fraction of sp³-hybridized carbons (Fsp3) is 0.455. The molecule has 4 nitrogen and oxygen atoms in total. The third-order valence-electron chi connectivity index (χ3n) is 2.71. The Morgan fingerprint density at radius 1 is 1.35 bits per heavy atom. The van der Waals surface area contributed by atoms with Crippen molar-refractivity contribution < 1.29 is 13.5 Å². The molecule has 0 radical (unpaired) electrons. The number of hydrogen-bond acceptors (Lipinski definition) is 3. The molecule has 0 bridgehead atoms. The molecule has 0 aliphatic rings. The minimum absolute atomic E-state index is 0.198. The molecular weight excluding hydrogens is 306 g/mol. The summed E-state index contributed by atoms with van der Waals surface area (Å²) in [6.07, 6.45) is 0. The number of aliphatic hydroxyl groups excluding tert-OH is 1. The van der Waals surface area contributed by atoms with Crippen LogP contribution in [0.3, 0.4) is 0 Å². The molecule has 0 unspecified atom stereocenters. The van der Waals surface area contributed by atoms with Crippen molar-refractivity contribution in [1.29, 1.82) is 0 Å². The second-order valence-electron chi connectivity index (χ2n) is 4.37. The van der Waals surface area contributed by atoms with Crippen molar-refractivity contribution in [3.8, 4) is 0 Å². The highest BCUT2D eigenvalue weighted by Crippen LogP contribution is 2.27. The lowest BCUT2D eigenvalue weighted by molar-refractivity contribution is 0.138. The van der Waals surface area contributed by atoms with Crippen LogP contribution in [-0.2, 0) is 10.0 Å². The zero-order valence-corrected chi connectivity index (χ0v) is 12.4. The summed E-state index contributed by atoms with van der Waals surface area (Å²) in [5, 5.41) is 9.23. The average Bonchev–Trinajstić information content (AvgIpc) is 2.28. The number of benzene rings is 1. The smallest absolute Gasteiger partial charge is 0.244 e. The summed E-state index contributed by atoms with van der Waals surface area (Å²) in [6, 6.07) is 6.62.